The molecule has 1 saturated carbocycles. The van der Waals surface area contributed by atoms with Crippen molar-refractivity contribution in [3.63, 3.8) is 0 Å². The molecule has 190 valence electrons. The summed E-state index contributed by atoms with van der Waals surface area (Å²) in [4.78, 5) is 19.3. The molecule has 9 heteroatoms. The van der Waals surface area contributed by atoms with Crippen LogP contribution in [0.15, 0.2) is 60.8 Å². The lowest BCUT2D eigenvalue weighted by atomic mass is 10.1. The number of benzene rings is 2. The fourth-order valence-corrected chi connectivity index (χ4v) is 4.30. The minimum absolute atomic E-state index is 0.122. The first-order chi connectivity index (χ1) is 17.6. The number of methoxy groups -OCH3 is 2. The Morgan fingerprint density at radius 1 is 1.08 bits per heavy atom. The Balaban J connectivity index is 1.59. The fourth-order valence-electron chi connectivity index (χ4n) is 4.30. The number of urea groups is 1. The molecule has 4 N–H and O–H groups in total. The Bertz CT molecular complexity index is 1150. The van der Waals surface area contributed by atoms with Gasteiger partial charge < -0.3 is 19.5 Å². The Labute approximate surface area is 211 Å². The highest BCUT2D eigenvalue weighted by Gasteiger charge is 2.26. The van der Waals surface area contributed by atoms with Gasteiger partial charge in [-0.05, 0) is 68.0 Å². The predicted molar refractivity (Wildman–Crippen MR) is 136 cm³/mol. The van der Waals surface area contributed by atoms with Crippen LogP contribution in [0.4, 0.5) is 22.0 Å². The van der Waals surface area contributed by atoms with E-state index >= 15 is 0 Å². The highest BCUT2D eigenvalue weighted by Crippen LogP contribution is 2.37. The molecule has 2 amide bonds. The van der Waals surface area contributed by atoms with Crippen molar-refractivity contribution < 1.29 is 29.7 Å². The lowest BCUT2D eigenvalue weighted by Gasteiger charge is -2.24. The number of amides is 2. The van der Waals surface area contributed by atoms with Gasteiger partial charge >= 0.3 is 6.03 Å². The normalized spacial score (nSPS) is 13.3. The van der Waals surface area contributed by atoms with Crippen LogP contribution in [0.2, 0.25) is 0 Å². The molecule has 0 aliphatic heterocycles. The maximum atomic E-state index is 13.5. The maximum Gasteiger partial charge on any atom is 0.327 e. The quantitative estimate of drug-likeness (QED) is 0.367. The number of nitrogens with zero attached hydrogens (tertiary/aromatic N) is 2. The number of hydrogen-bond donors (Lipinski definition) is 3. The van der Waals surface area contributed by atoms with Crippen LogP contribution in [0, 0.1) is 0 Å². The highest BCUT2D eigenvalue weighted by molar-refractivity contribution is 6.00. The first-order valence-electron chi connectivity index (χ1n) is 12.1. The Kier molecular flexibility index (Phi) is 8.59. The number of aromatic nitrogens is 1. The molecule has 2 aromatic carbocycles. The average Bonchev–Trinajstić information content (AvgIpc) is 3.43. The second kappa shape index (κ2) is 12.2. The second-order valence-corrected chi connectivity index (χ2v) is 8.57. The molecule has 1 heterocycles. The van der Waals surface area contributed by atoms with Gasteiger partial charge in [-0.25, -0.2) is 19.9 Å². The molecular weight excluding hydrogens is 460 g/mol. The van der Waals surface area contributed by atoms with Gasteiger partial charge in [0, 0.05) is 24.9 Å². The van der Waals surface area contributed by atoms with Crippen LogP contribution in [0.5, 0.6) is 17.2 Å². The Morgan fingerprint density at radius 2 is 1.86 bits per heavy atom. The van der Waals surface area contributed by atoms with Gasteiger partial charge in [0.1, 0.15) is 5.75 Å². The van der Waals surface area contributed by atoms with Gasteiger partial charge in [-0.3, -0.25) is 0 Å². The number of nitrogens with one attached hydrogen (secondary N) is 1. The number of hydrogen-bond acceptors (Lipinski definition) is 6. The molecule has 3 aromatic rings. The van der Waals surface area contributed by atoms with Crippen molar-refractivity contribution in [3.05, 3.63) is 66.4 Å². The maximum absolute atomic E-state index is 13.5. The molecular formula is C27H33N4O5+. The number of carbonyl (C=O) groups excluding carboxylic acids is 1. The van der Waals surface area contributed by atoms with E-state index in [1.165, 1.54) is 4.90 Å². The SMILES string of the molecule is COc1ccc(CCNC(=O)N(c2ccc(OC)c(OC3CCCC3)c2)c2ncccc2[NH2+]O)cc1. The number of pyridine rings is 1. The van der Waals surface area contributed by atoms with Crippen LogP contribution in [-0.2, 0) is 6.42 Å². The molecule has 0 atom stereocenters. The number of anilines is 2. The molecule has 1 aromatic heterocycles. The molecule has 0 unspecified atom stereocenters. The summed E-state index contributed by atoms with van der Waals surface area (Å²) in [6, 6.07) is 16.1. The van der Waals surface area contributed by atoms with Gasteiger partial charge in [0.05, 0.1) is 26.0 Å². The topological polar surface area (TPSA) is 110 Å². The van der Waals surface area contributed by atoms with E-state index in [0.29, 0.717) is 41.7 Å². The van der Waals surface area contributed by atoms with E-state index in [0.717, 1.165) is 42.5 Å². The number of ether oxygens (including phenoxy) is 3. The molecule has 1 aliphatic carbocycles. The minimum Gasteiger partial charge on any atom is -0.497 e. The van der Waals surface area contributed by atoms with E-state index in [1.807, 2.05) is 24.3 Å². The summed E-state index contributed by atoms with van der Waals surface area (Å²) >= 11 is 0. The van der Waals surface area contributed by atoms with Crippen LogP contribution in [0.3, 0.4) is 0 Å². The van der Waals surface area contributed by atoms with Gasteiger partial charge in [-0.15, -0.1) is 0 Å². The van der Waals surface area contributed by atoms with Crippen molar-refractivity contribution in [1.82, 2.24) is 10.3 Å². The van der Waals surface area contributed by atoms with Crippen LogP contribution >= 0.6 is 0 Å². The molecule has 4 rings (SSSR count). The summed E-state index contributed by atoms with van der Waals surface area (Å²) in [5.74, 6) is 2.26. The summed E-state index contributed by atoms with van der Waals surface area (Å²) < 4.78 is 17.0. The lowest BCUT2D eigenvalue weighted by Crippen LogP contribution is -2.74. The van der Waals surface area contributed by atoms with E-state index in [-0.39, 0.29) is 12.1 Å². The minimum atomic E-state index is -0.373. The van der Waals surface area contributed by atoms with Gasteiger partial charge in [0.25, 0.3) is 0 Å². The van der Waals surface area contributed by atoms with Gasteiger partial charge in [0.2, 0.25) is 11.5 Å². The monoisotopic (exact) mass is 493 g/mol. The summed E-state index contributed by atoms with van der Waals surface area (Å²) in [6.07, 6.45) is 6.61. The number of nitrogens with two attached hydrogens (primary N) is 1. The highest BCUT2D eigenvalue weighted by atomic mass is 16.5. The summed E-state index contributed by atoms with van der Waals surface area (Å²) in [5, 5.41) is 12.8. The molecule has 0 radical (unpaired) electrons. The van der Waals surface area contributed by atoms with Gasteiger partial charge in [-0.2, -0.15) is 5.48 Å². The third-order valence-electron chi connectivity index (χ3n) is 6.22. The van der Waals surface area contributed by atoms with E-state index in [1.54, 1.807) is 50.7 Å². The molecule has 36 heavy (non-hydrogen) atoms. The summed E-state index contributed by atoms with van der Waals surface area (Å²) in [6.45, 7) is 0.411. The first kappa shape index (κ1) is 25.3. The van der Waals surface area contributed by atoms with E-state index in [2.05, 4.69) is 10.3 Å². The van der Waals surface area contributed by atoms with Crippen LogP contribution in [-0.4, -0.2) is 43.1 Å². The van der Waals surface area contributed by atoms with Gasteiger partial charge in [-0.1, -0.05) is 12.1 Å². The standard InChI is InChI=1S/C27H32N4O5/c1-34-21-12-9-19(10-13-21)15-17-29-27(32)31(26-23(30-33)8-5-16-28-26)20-11-14-24(35-2)25(18-20)36-22-6-3-4-7-22/h5,8-14,16,18,22,30,33H,3-4,6-7,15,17H2,1-2H3,(H,29,32)/p+1. The Hall–Kier alpha value is -3.82. The molecule has 0 spiro atoms. The fraction of sp³-hybridized carbons (Fsp3) is 0.333. The first-order valence-corrected chi connectivity index (χ1v) is 12.1. The van der Waals surface area contributed by atoms with Crippen molar-refractivity contribution in [2.75, 3.05) is 25.7 Å². The van der Waals surface area contributed by atoms with Crippen molar-refractivity contribution in [1.29, 1.82) is 0 Å². The predicted octanol–water partition coefficient (Wildman–Crippen LogP) is 4.09. The van der Waals surface area contributed by atoms with E-state index < -0.39 is 0 Å². The smallest absolute Gasteiger partial charge is 0.327 e. The molecule has 0 saturated heterocycles. The van der Waals surface area contributed by atoms with Crippen molar-refractivity contribution in [3.8, 4) is 17.2 Å². The number of rotatable bonds is 10. The van der Waals surface area contributed by atoms with Crippen molar-refractivity contribution in [2.24, 2.45) is 0 Å². The average molecular weight is 494 g/mol. The molecule has 0 bridgehead atoms. The zero-order chi connectivity index (χ0) is 25.3. The third kappa shape index (κ3) is 6.05. The van der Waals surface area contributed by atoms with Crippen LogP contribution < -0.4 is 29.9 Å². The Morgan fingerprint density at radius 3 is 2.56 bits per heavy atom. The van der Waals surface area contributed by atoms with E-state index in [9.17, 15) is 10.0 Å². The molecule has 1 fully saturated rings. The zero-order valence-electron chi connectivity index (χ0n) is 20.6. The molecule has 1 aliphatic rings. The zero-order valence-corrected chi connectivity index (χ0v) is 20.6. The number of carbonyl (C=O) groups is 1. The van der Waals surface area contributed by atoms with Crippen molar-refractivity contribution >= 4 is 23.2 Å². The third-order valence-corrected chi connectivity index (χ3v) is 6.22. The molecule has 9 nitrogen and oxygen atoms in total. The summed E-state index contributed by atoms with van der Waals surface area (Å²) in [5.41, 5.74) is 2.98. The largest absolute Gasteiger partial charge is 0.497 e. The van der Waals surface area contributed by atoms with E-state index in [4.69, 9.17) is 14.2 Å². The van der Waals surface area contributed by atoms with Crippen molar-refractivity contribution in [2.45, 2.75) is 38.2 Å². The van der Waals surface area contributed by atoms with Crippen LogP contribution in [0.25, 0.3) is 0 Å². The summed E-state index contributed by atoms with van der Waals surface area (Å²) in [7, 11) is 3.22. The van der Waals surface area contributed by atoms with Gasteiger partial charge in [0.15, 0.2) is 11.5 Å². The van der Waals surface area contributed by atoms with Crippen LogP contribution in [0.1, 0.15) is 31.2 Å². The second-order valence-electron chi connectivity index (χ2n) is 8.57. The number of quaternary nitrogens is 1. The lowest BCUT2D eigenvalue weighted by molar-refractivity contribution is -0.825.